The highest BCUT2D eigenvalue weighted by Crippen LogP contribution is 2.09. The van der Waals surface area contributed by atoms with Gasteiger partial charge < -0.3 is 0 Å². The molecule has 0 N–H and O–H groups in total. The van der Waals surface area contributed by atoms with Crippen LogP contribution in [0.25, 0.3) is 5.52 Å². The van der Waals surface area contributed by atoms with Crippen LogP contribution in [-0.4, -0.2) is 14.8 Å². The average Bonchev–Trinajstić information content (AvgIpc) is 2.64. The molecule has 0 unspecified atom stereocenters. The van der Waals surface area contributed by atoms with Crippen LogP contribution in [-0.2, 0) is 6.42 Å². The van der Waals surface area contributed by atoms with Crippen molar-refractivity contribution in [1.82, 2.24) is 14.8 Å². The zero-order chi connectivity index (χ0) is 11.1. The molecule has 2 aromatic rings. The topological polar surface area (TPSA) is 30.2 Å². The molecule has 0 saturated heterocycles. The quantitative estimate of drug-likeness (QED) is 0.754. The van der Waals surface area contributed by atoms with Gasteiger partial charge in [0, 0.05) is 6.20 Å². The molecule has 0 saturated carbocycles. The van der Waals surface area contributed by atoms with Gasteiger partial charge in [0.15, 0.2) is 0 Å². The van der Waals surface area contributed by atoms with Gasteiger partial charge in [-0.2, -0.15) is 14.8 Å². The second kappa shape index (κ2) is 6.17. The third-order valence-electron chi connectivity index (χ3n) is 1.90. The zero-order valence-electron chi connectivity index (χ0n) is 9.77. The minimum atomic E-state index is 1.08. The van der Waals surface area contributed by atoms with E-state index in [1.807, 2.05) is 18.3 Å². The molecule has 0 atom stereocenters. The Morgan fingerprint density at radius 3 is 2.60 bits per heavy atom. The van der Waals surface area contributed by atoms with E-state index in [9.17, 15) is 0 Å². The Morgan fingerprint density at radius 2 is 1.93 bits per heavy atom. The van der Waals surface area contributed by atoms with Gasteiger partial charge in [-0.25, -0.2) is 0 Å². The summed E-state index contributed by atoms with van der Waals surface area (Å²) in [6.45, 7) is 6.42. The third-order valence-corrected chi connectivity index (χ3v) is 1.90. The van der Waals surface area contributed by atoms with Gasteiger partial charge in [-0.1, -0.05) is 33.6 Å². The van der Waals surface area contributed by atoms with Crippen LogP contribution >= 0.6 is 0 Å². The molecule has 3 nitrogen and oxygen atoms in total. The van der Waals surface area contributed by atoms with Gasteiger partial charge in [-0.3, -0.25) is 0 Å². The minimum absolute atomic E-state index is 1.08. The lowest BCUT2D eigenvalue weighted by atomic mass is 10.2. The number of nitrogens with zero attached hydrogens (tertiary/aromatic N) is 3. The lowest BCUT2D eigenvalue weighted by Crippen LogP contribution is -1.91. The molecule has 0 aliphatic heterocycles. The Labute approximate surface area is 91.1 Å². The van der Waals surface area contributed by atoms with Gasteiger partial charge in [0.25, 0.3) is 0 Å². The number of hydrogen-bond donors (Lipinski definition) is 0. The molecule has 82 valence electrons. The van der Waals surface area contributed by atoms with Gasteiger partial charge in [-0.05, 0) is 24.1 Å². The molecule has 0 amide bonds. The molecular weight excluding hydrogens is 186 g/mol. The van der Waals surface area contributed by atoms with E-state index >= 15 is 0 Å². The molecule has 2 aromatic heterocycles. The molecule has 15 heavy (non-hydrogen) atoms. The van der Waals surface area contributed by atoms with E-state index in [1.165, 1.54) is 12.0 Å². The first-order chi connectivity index (χ1) is 7.33. The van der Waals surface area contributed by atoms with Crippen molar-refractivity contribution in [2.75, 3.05) is 0 Å². The van der Waals surface area contributed by atoms with Gasteiger partial charge >= 0.3 is 0 Å². The summed E-state index contributed by atoms with van der Waals surface area (Å²) >= 11 is 0. The predicted octanol–water partition coefficient (Wildman–Crippen LogP) is 3.10. The monoisotopic (exact) mass is 205 g/mol. The molecule has 0 bridgehead atoms. The molecule has 0 spiro atoms. The van der Waals surface area contributed by atoms with Crippen molar-refractivity contribution in [3.63, 3.8) is 0 Å². The summed E-state index contributed by atoms with van der Waals surface area (Å²) < 4.78 is 1.67. The summed E-state index contributed by atoms with van der Waals surface area (Å²) in [6.07, 6.45) is 7.12. The molecule has 0 radical (unpaired) electrons. The Kier molecular flexibility index (Phi) is 4.81. The van der Waals surface area contributed by atoms with Crippen molar-refractivity contribution in [3.8, 4) is 0 Å². The Balaban J connectivity index is 0.000000337. The van der Waals surface area contributed by atoms with Gasteiger partial charge in [-0.15, -0.1) is 0 Å². The molecule has 0 aliphatic rings. The van der Waals surface area contributed by atoms with Crippen LogP contribution in [0.1, 0.15) is 39.2 Å². The van der Waals surface area contributed by atoms with Crippen LogP contribution in [0.3, 0.4) is 0 Å². The smallest absolute Gasteiger partial charge is 0.0905 e. The summed E-state index contributed by atoms with van der Waals surface area (Å²) in [7, 11) is 0. The fourth-order valence-electron chi connectivity index (χ4n) is 1.34. The Bertz CT molecular complexity index is 392. The molecule has 2 rings (SSSR count). The molecule has 0 aromatic carbocycles. The van der Waals surface area contributed by atoms with E-state index in [2.05, 4.69) is 31.0 Å². The van der Waals surface area contributed by atoms with Crippen LogP contribution < -0.4 is 0 Å². The van der Waals surface area contributed by atoms with Gasteiger partial charge in [0.05, 0.1) is 11.7 Å². The predicted molar refractivity (Wildman–Crippen MR) is 62.9 cm³/mol. The van der Waals surface area contributed by atoms with Crippen molar-refractivity contribution < 1.29 is 0 Å². The minimum Gasteiger partial charge on any atom is -0.159 e. The first kappa shape index (κ1) is 11.7. The Morgan fingerprint density at radius 1 is 1.20 bits per heavy atom. The average molecular weight is 205 g/mol. The molecule has 0 fully saturated rings. The van der Waals surface area contributed by atoms with E-state index in [0.29, 0.717) is 0 Å². The number of aromatic nitrogens is 3. The normalized spacial score (nSPS) is 9.80. The molecule has 0 aliphatic carbocycles. The Hall–Kier alpha value is -1.38. The second-order valence-corrected chi connectivity index (χ2v) is 3.53. The zero-order valence-corrected chi connectivity index (χ0v) is 9.77. The molecule has 3 heteroatoms. The summed E-state index contributed by atoms with van der Waals surface area (Å²) in [5.41, 5.74) is 2.41. The maximum Gasteiger partial charge on any atom is 0.0905 e. The maximum absolute atomic E-state index is 4.14. The molecule has 2 heterocycles. The third kappa shape index (κ3) is 3.05. The van der Waals surface area contributed by atoms with Gasteiger partial charge in [0.1, 0.15) is 0 Å². The van der Waals surface area contributed by atoms with Gasteiger partial charge in [0.2, 0.25) is 0 Å². The number of fused-ring (bicyclic) bond motifs is 1. The van der Waals surface area contributed by atoms with Crippen LogP contribution in [0.15, 0.2) is 24.5 Å². The van der Waals surface area contributed by atoms with Crippen molar-refractivity contribution in [2.45, 2.75) is 40.0 Å². The fourth-order valence-corrected chi connectivity index (χ4v) is 1.34. The van der Waals surface area contributed by atoms with E-state index in [4.69, 9.17) is 0 Å². The summed E-state index contributed by atoms with van der Waals surface area (Å²) in [5.74, 6) is 0. The SMILES string of the molecule is CCC.CCCc1cnn2ncccc12. The standard InChI is InChI=1S/C9H11N3.C3H8/c1-2-4-8-7-11-12-9(8)5-3-6-10-12;1-3-2/h3,5-7H,2,4H2,1H3;3H2,1-2H3. The lowest BCUT2D eigenvalue weighted by molar-refractivity contribution is 0.799. The van der Waals surface area contributed by atoms with E-state index < -0.39 is 0 Å². The lowest BCUT2D eigenvalue weighted by Gasteiger charge is -1.93. The molecular formula is C12H19N3. The van der Waals surface area contributed by atoms with Crippen molar-refractivity contribution >= 4 is 5.52 Å². The summed E-state index contributed by atoms with van der Waals surface area (Å²) in [4.78, 5) is 0. The highest BCUT2D eigenvalue weighted by Gasteiger charge is 2.01. The van der Waals surface area contributed by atoms with Crippen LogP contribution in [0.5, 0.6) is 0 Å². The van der Waals surface area contributed by atoms with Crippen molar-refractivity contribution in [1.29, 1.82) is 0 Å². The fraction of sp³-hybridized carbons (Fsp3) is 0.500. The van der Waals surface area contributed by atoms with E-state index in [0.717, 1.165) is 18.4 Å². The van der Waals surface area contributed by atoms with Crippen LogP contribution in [0.4, 0.5) is 0 Å². The summed E-state index contributed by atoms with van der Waals surface area (Å²) in [5, 5.41) is 8.23. The maximum atomic E-state index is 4.14. The van der Waals surface area contributed by atoms with Crippen LogP contribution in [0.2, 0.25) is 0 Å². The highest BCUT2D eigenvalue weighted by atomic mass is 15.4. The largest absolute Gasteiger partial charge is 0.159 e. The number of rotatable bonds is 2. The van der Waals surface area contributed by atoms with Crippen molar-refractivity contribution in [2.24, 2.45) is 0 Å². The van der Waals surface area contributed by atoms with E-state index in [-0.39, 0.29) is 0 Å². The van der Waals surface area contributed by atoms with E-state index in [1.54, 1.807) is 10.8 Å². The van der Waals surface area contributed by atoms with Crippen LogP contribution in [0, 0.1) is 0 Å². The first-order valence-corrected chi connectivity index (χ1v) is 5.61. The first-order valence-electron chi connectivity index (χ1n) is 5.61. The van der Waals surface area contributed by atoms with Crippen molar-refractivity contribution in [3.05, 3.63) is 30.1 Å². The highest BCUT2D eigenvalue weighted by molar-refractivity contribution is 5.52. The second-order valence-electron chi connectivity index (χ2n) is 3.53. The summed E-state index contributed by atoms with van der Waals surface area (Å²) in [6, 6.07) is 3.99. The number of hydrogen-bond acceptors (Lipinski definition) is 2. The number of aryl methyl sites for hydroxylation is 1.